The highest BCUT2D eigenvalue weighted by atomic mass is 16.5. The molecular weight excluding hydrogens is 320 g/mol. The Kier molecular flexibility index (Phi) is 6.39. The summed E-state index contributed by atoms with van der Waals surface area (Å²) in [6.07, 6.45) is 0.237. The number of carbonyl (C=O) groups excluding carboxylic acids is 1. The lowest BCUT2D eigenvalue weighted by molar-refractivity contribution is -0.120. The van der Waals surface area contributed by atoms with Crippen LogP contribution < -0.4 is 19.6 Å². The van der Waals surface area contributed by atoms with Crippen LogP contribution in [0.1, 0.15) is 18.1 Å². The fourth-order valence-electron chi connectivity index (χ4n) is 2.27. The molecule has 2 aromatic carbocycles. The zero-order valence-corrected chi connectivity index (χ0v) is 14.8. The maximum Gasteiger partial charge on any atom is 0.244 e. The number of hydrogen-bond acceptors (Lipinski definition) is 5. The van der Waals surface area contributed by atoms with Crippen LogP contribution in [0.4, 0.5) is 0 Å². The lowest BCUT2D eigenvalue weighted by atomic mass is 10.1. The molecule has 0 spiro atoms. The van der Waals surface area contributed by atoms with E-state index in [2.05, 4.69) is 10.5 Å². The van der Waals surface area contributed by atoms with Crippen molar-refractivity contribution >= 4 is 11.6 Å². The molecule has 0 saturated heterocycles. The van der Waals surface area contributed by atoms with Gasteiger partial charge in [0.05, 0.1) is 33.5 Å². The van der Waals surface area contributed by atoms with Gasteiger partial charge < -0.3 is 14.2 Å². The standard InChI is InChI=1S/C19H22N2O4/c1-13(17-10-9-16(24-3)12-18(17)25-4)20-21-19(22)11-14-5-7-15(23-2)8-6-14/h5-10,12H,11H2,1-4H3,(H,21,22)/b20-13-. The maximum atomic E-state index is 12.1. The minimum atomic E-state index is -0.197. The Hall–Kier alpha value is -3.02. The van der Waals surface area contributed by atoms with Gasteiger partial charge in [-0.05, 0) is 36.8 Å². The first-order valence-electron chi connectivity index (χ1n) is 7.75. The summed E-state index contributed by atoms with van der Waals surface area (Å²) in [5.41, 5.74) is 4.88. The third-order valence-corrected chi connectivity index (χ3v) is 3.67. The first-order chi connectivity index (χ1) is 12.1. The molecule has 0 aliphatic rings. The molecule has 2 rings (SSSR count). The summed E-state index contributed by atoms with van der Waals surface area (Å²) in [7, 11) is 4.77. The Morgan fingerprint density at radius 1 is 0.960 bits per heavy atom. The summed E-state index contributed by atoms with van der Waals surface area (Å²) in [6, 6.07) is 12.8. The Labute approximate surface area is 147 Å². The summed E-state index contributed by atoms with van der Waals surface area (Å²) in [5, 5.41) is 4.16. The minimum absolute atomic E-state index is 0.197. The molecule has 0 bridgehead atoms. The van der Waals surface area contributed by atoms with Gasteiger partial charge in [-0.1, -0.05) is 12.1 Å². The molecule has 1 N–H and O–H groups in total. The highest BCUT2D eigenvalue weighted by molar-refractivity contribution is 6.01. The van der Waals surface area contributed by atoms with Crippen LogP contribution in [0.5, 0.6) is 17.2 Å². The predicted octanol–water partition coefficient (Wildman–Crippen LogP) is 2.80. The third-order valence-electron chi connectivity index (χ3n) is 3.67. The van der Waals surface area contributed by atoms with E-state index < -0.39 is 0 Å². The lowest BCUT2D eigenvalue weighted by Crippen LogP contribution is -2.21. The Bertz CT molecular complexity index is 755. The van der Waals surface area contributed by atoms with Gasteiger partial charge in [-0.3, -0.25) is 4.79 Å². The van der Waals surface area contributed by atoms with E-state index in [9.17, 15) is 4.79 Å². The lowest BCUT2D eigenvalue weighted by Gasteiger charge is -2.10. The molecule has 25 heavy (non-hydrogen) atoms. The van der Waals surface area contributed by atoms with E-state index in [1.807, 2.05) is 36.4 Å². The van der Waals surface area contributed by atoms with Crippen LogP contribution in [-0.4, -0.2) is 32.9 Å². The summed E-state index contributed by atoms with van der Waals surface area (Å²) >= 11 is 0. The Morgan fingerprint density at radius 2 is 1.60 bits per heavy atom. The van der Waals surface area contributed by atoms with Crippen LogP contribution in [0.15, 0.2) is 47.6 Å². The summed E-state index contributed by atoms with van der Waals surface area (Å²) < 4.78 is 15.6. The number of nitrogens with one attached hydrogen (secondary N) is 1. The number of amides is 1. The van der Waals surface area contributed by atoms with Crippen molar-refractivity contribution in [2.75, 3.05) is 21.3 Å². The first kappa shape index (κ1) is 18.3. The van der Waals surface area contributed by atoms with Crippen molar-refractivity contribution in [3.8, 4) is 17.2 Å². The molecule has 2 aromatic rings. The number of nitrogens with zero attached hydrogens (tertiary/aromatic N) is 1. The number of ether oxygens (including phenoxy) is 3. The van der Waals surface area contributed by atoms with Gasteiger partial charge in [0.25, 0.3) is 0 Å². The second-order valence-electron chi connectivity index (χ2n) is 5.32. The number of methoxy groups -OCH3 is 3. The van der Waals surface area contributed by atoms with Crippen LogP contribution in [0.3, 0.4) is 0 Å². The van der Waals surface area contributed by atoms with Crippen molar-refractivity contribution < 1.29 is 19.0 Å². The number of rotatable bonds is 7. The van der Waals surface area contributed by atoms with Crippen molar-refractivity contribution in [3.05, 3.63) is 53.6 Å². The predicted molar refractivity (Wildman–Crippen MR) is 96.6 cm³/mol. The van der Waals surface area contributed by atoms with Crippen LogP contribution >= 0.6 is 0 Å². The van der Waals surface area contributed by atoms with E-state index in [1.54, 1.807) is 34.3 Å². The quantitative estimate of drug-likeness (QED) is 0.620. The molecule has 0 heterocycles. The Balaban J connectivity index is 2.03. The van der Waals surface area contributed by atoms with Gasteiger partial charge in [0.2, 0.25) is 5.91 Å². The summed E-state index contributed by atoms with van der Waals surface area (Å²) in [5.74, 6) is 1.88. The number of hydrogen-bond donors (Lipinski definition) is 1. The zero-order valence-electron chi connectivity index (χ0n) is 14.8. The monoisotopic (exact) mass is 342 g/mol. The van der Waals surface area contributed by atoms with Crippen molar-refractivity contribution in [1.82, 2.24) is 5.43 Å². The smallest absolute Gasteiger partial charge is 0.244 e. The van der Waals surface area contributed by atoms with Crippen molar-refractivity contribution in [2.45, 2.75) is 13.3 Å². The van der Waals surface area contributed by atoms with Gasteiger partial charge in [-0.2, -0.15) is 5.10 Å². The molecule has 0 aromatic heterocycles. The van der Waals surface area contributed by atoms with E-state index >= 15 is 0 Å². The fraction of sp³-hybridized carbons (Fsp3) is 0.263. The molecule has 0 saturated carbocycles. The normalized spacial score (nSPS) is 11.0. The average molecular weight is 342 g/mol. The molecule has 6 nitrogen and oxygen atoms in total. The molecule has 0 fully saturated rings. The van der Waals surface area contributed by atoms with Crippen LogP contribution in [0.25, 0.3) is 0 Å². The highest BCUT2D eigenvalue weighted by Gasteiger charge is 2.09. The van der Waals surface area contributed by atoms with E-state index in [0.717, 1.165) is 16.9 Å². The topological polar surface area (TPSA) is 69.2 Å². The van der Waals surface area contributed by atoms with Crippen molar-refractivity contribution in [2.24, 2.45) is 5.10 Å². The summed E-state index contributed by atoms with van der Waals surface area (Å²) in [6.45, 7) is 1.80. The van der Waals surface area contributed by atoms with Gasteiger partial charge in [-0.25, -0.2) is 5.43 Å². The van der Waals surface area contributed by atoms with E-state index in [-0.39, 0.29) is 12.3 Å². The summed E-state index contributed by atoms with van der Waals surface area (Å²) in [4.78, 5) is 12.1. The third kappa shape index (κ3) is 4.97. The highest BCUT2D eigenvalue weighted by Crippen LogP contribution is 2.25. The van der Waals surface area contributed by atoms with E-state index in [1.165, 1.54) is 0 Å². The molecule has 0 aliphatic heterocycles. The first-order valence-corrected chi connectivity index (χ1v) is 7.75. The minimum Gasteiger partial charge on any atom is -0.497 e. The number of carbonyl (C=O) groups is 1. The second kappa shape index (κ2) is 8.73. The van der Waals surface area contributed by atoms with E-state index in [4.69, 9.17) is 14.2 Å². The molecule has 0 radical (unpaired) electrons. The zero-order chi connectivity index (χ0) is 18.2. The molecule has 1 amide bonds. The molecule has 6 heteroatoms. The fourth-order valence-corrected chi connectivity index (χ4v) is 2.27. The van der Waals surface area contributed by atoms with Crippen LogP contribution in [0, 0.1) is 0 Å². The number of hydrazone groups is 1. The molecule has 0 unspecified atom stereocenters. The van der Waals surface area contributed by atoms with Crippen LogP contribution in [-0.2, 0) is 11.2 Å². The van der Waals surface area contributed by atoms with Gasteiger partial charge in [-0.15, -0.1) is 0 Å². The van der Waals surface area contributed by atoms with Gasteiger partial charge in [0.15, 0.2) is 0 Å². The molecular formula is C19H22N2O4. The second-order valence-corrected chi connectivity index (χ2v) is 5.32. The molecule has 132 valence electrons. The maximum absolute atomic E-state index is 12.1. The SMILES string of the molecule is COc1ccc(CC(=O)N/N=C(/C)c2ccc(OC)cc2OC)cc1. The van der Waals surface area contributed by atoms with Crippen molar-refractivity contribution in [3.63, 3.8) is 0 Å². The average Bonchev–Trinajstić information content (AvgIpc) is 2.66. The molecule has 0 atom stereocenters. The largest absolute Gasteiger partial charge is 0.497 e. The Morgan fingerprint density at radius 3 is 2.20 bits per heavy atom. The molecule has 0 aliphatic carbocycles. The van der Waals surface area contributed by atoms with Crippen LogP contribution in [0.2, 0.25) is 0 Å². The van der Waals surface area contributed by atoms with Crippen molar-refractivity contribution in [1.29, 1.82) is 0 Å². The van der Waals surface area contributed by atoms with E-state index in [0.29, 0.717) is 17.2 Å². The number of benzene rings is 2. The van der Waals surface area contributed by atoms with Gasteiger partial charge in [0.1, 0.15) is 17.2 Å². The van der Waals surface area contributed by atoms with Gasteiger partial charge >= 0.3 is 0 Å². The van der Waals surface area contributed by atoms with Gasteiger partial charge in [0, 0.05) is 11.6 Å².